The van der Waals surface area contributed by atoms with Crippen LogP contribution in [0.1, 0.15) is 25.0 Å². The summed E-state index contributed by atoms with van der Waals surface area (Å²) in [5.41, 5.74) is -0.439. The van der Waals surface area contributed by atoms with Crippen LogP contribution in [-0.4, -0.2) is 30.9 Å². The Labute approximate surface area is 147 Å². The highest BCUT2D eigenvalue weighted by Crippen LogP contribution is 2.38. The second-order valence-corrected chi connectivity index (χ2v) is 6.24. The Balaban J connectivity index is 2.67. The summed E-state index contributed by atoms with van der Waals surface area (Å²) in [5, 5.41) is 10.8. The summed E-state index contributed by atoms with van der Waals surface area (Å²) in [6.45, 7) is 4.22. The van der Waals surface area contributed by atoms with E-state index in [0.717, 1.165) is 0 Å². The lowest BCUT2D eigenvalue weighted by Gasteiger charge is -2.38. The summed E-state index contributed by atoms with van der Waals surface area (Å²) in [6, 6.07) is 14.5. The Morgan fingerprint density at radius 3 is 2.16 bits per heavy atom. The number of rotatable bonds is 7. The first-order valence-electron chi connectivity index (χ1n) is 8.13. The molecule has 0 saturated heterocycles. The second kappa shape index (κ2) is 8.23. The zero-order valence-corrected chi connectivity index (χ0v) is 14.6. The largest absolute Gasteiger partial charge is 0.467 e. The maximum absolute atomic E-state index is 13.4. The summed E-state index contributed by atoms with van der Waals surface area (Å²) in [4.78, 5) is 12.2. The topological polar surface area (TPSA) is 55.8 Å². The van der Waals surface area contributed by atoms with Crippen LogP contribution in [0, 0.1) is 11.7 Å². The molecule has 2 aromatic rings. The summed E-state index contributed by atoms with van der Waals surface area (Å²) in [6.07, 6.45) is -1.61. The molecule has 0 bridgehead atoms. The van der Waals surface area contributed by atoms with Gasteiger partial charge in [0.15, 0.2) is 11.7 Å². The van der Waals surface area contributed by atoms with Gasteiger partial charge in [-0.2, -0.15) is 0 Å². The Hall–Kier alpha value is -2.24. The molecule has 0 aliphatic heterocycles. The molecule has 0 heterocycles. The Kier molecular flexibility index (Phi) is 6.28. The third-order valence-electron chi connectivity index (χ3n) is 3.93. The van der Waals surface area contributed by atoms with Crippen LogP contribution < -0.4 is 0 Å². The van der Waals surface area contributed by atoms with Crippen molar-refractivity contribution in [2.24, 2.45) is 5.92 Å². The van der Waals surface area contributed by atoms with E-state index in [9.17, 15) is 14.3 Å². The van der Waals surface area contributed by atoms with Gasteiger partial charge in [0.05, 0.1) is 13.7 Å². The minimum atomic E-state index is -1.61. The van der Waals surface area contributed by atoms with Gasteiger partial charge in [0.1, 0.15) is 5.82 Å². The summed E-state index contributed by atoms with van der Waals surface area (Å²) < 4.78 is 24.3. The van der Waals surface area contributed by atoms with Crippen molar-refractivity contribution in [1.82, 2.24) is 0 Å². The van der Waals surface area contributed by atoms with Crippen LogP contribution in [0.15, 0.2) is 54.6 Å². The fourth-order valence-electron chi connectivity index (χ4n) is 2.69. The van der Waals surface area contributed by atoms with Gasteiger partial charge in [0, 0.05) is 0 Å². The van der Waals surface area contributed by atoms with Crippen molar-refractivity contribution in [3.05, 3.63) is 71.5 Å². The first kappa shape index (κ1) is 19.1. The Bertz CT molecular complexity index is 685. The molecule has 2 atom stereocenters. The Morgan fingerprint density at radius 2 is 1.64 bits per heavy atom. The molecule has 2 aromatic carbocycles. The van der Waals surface area contributed by atoms with E-state index in [-0.39, 0.29) is 5.92 Å². The molecule has 0 spiro atoms. The van der Waals surface area contributed by atoms with E-state index < -0.39 is 23.5 Å². The summed E-state index contributed by atoms with van der Waals surface area (Å²) >= 11 is 0. The van der Waals surface area contributed by atoms with Crippen molar-refractivity contribution in [3.8, 4) is 0 Å². The molecule has 2 rings (SSSR count). The minimum absolute atomic E-state index is 0.161. The average molecular weight is 346 g/mol. The van der Waals surface area contributed by atoms with E-state index in [0.29, 0.717) is 17.7 Å². The monoisotopic (exact) mass is 346 g/mol. The van der Waals surface area contributed by atoms with Crippen LogP contribution in [0.25, 0.3) is 0 Å². The SMILES string of the molecule is COC(=O)[C@@H](O)[C@](OCC(C)C)(c1ccccc1)c1ccc(F)cc1. The normalized spacial score (nSPS) is 14.8. The van der Waals surface area contributed by atoms with Crippen LogP contribution in [-0.2, 0) is 19.9 Å². The number of benzene rings is 2. The molecule has 0 unspecified atom stereocenters. The fourth-order valence-corrected chi connectivity index (χ4v) is 2.69. The van der Waals surface area contributed by atoms with Gasteiger partial charge < -0.3 is 14.6 Å². The molecular formula is C20H23FO4. The molecule has 0 aliphatic rings. The minimum Gasteiger partial charge on any atom is -0.467 e. The predicted molar refractivity (Wildman–Crippen MR) is 92.4 cm³/mol. The molecule has 1 N–H and O–H groups in total. The van der Waals surface area contributed by atoms with Crippen molar-refractivity contribution < 1.29 is 23.8 Å². The van der Waals surface area contributed by atoms with E-state index in [4.69, 9.17) is 9.47 Å². The number of hydrogen-bond donors (Lipinski definition) is 1. The zero-order valence-electron chi connectivity index (χ0n) is 14.6. The number of hydrogen-bond acceptors (Lipinski definition) is 4. The highest BCUT2D eigenvalue weighted by molar-refractivity contribution is 5.77. The van der Waals surface area contributed by atoms with E-state index in [2.05, 4.69) is 0 Å². The number of esters is 1. The zero-order chi connectivity index (χ0) is 18.4. The first-order chi connectivity index (χ1) is 11.9. The number of ether oxygens (including phenoxy) is 2. The number of carbonyl (C=O) groups excluding carboxylic acids is 1. The maximum Gasteiger partial charge on any atom is 0.338 e. The van der Waals surface area contributed by atoms with Crippen molar-refractivity contribution in [2.45, 2.75) is 25.6 Å². The van der Waals surface area contributed by atoms with Crippen LogP contribution in [0.4, 0.5) is 4.39 Å². The number of aliphatic hydroxyl groups excluding tert-OH is 1. The summed E-state index contributed by atoms with van der Waals surface area (Å²) in [5.74, 6) is -1.08. The third-order valence-corrected chi connectivity index (χ3v) is 3.93. The average Bonchev–Trinajstić information content (AvgIpc) is 2.63. The lowest BCUT2D eigenvalue weighted by Crippen LogP contribution is -2.48. The number of methoxy groups -OCH3 is 1. The molecule has 0 radical (unpaired) electrons. The van der Waals surface area contributed by atoms with Crippen molar-refractivity contribution in [2.75, 3.05) is 13.7 Å². The quantitative estimate of drug-likeness (QED) is 0.782. The van der Waals surface area contributed by atoms with E-state index in [1.807, 2.05) is 19.9 Å². The molecule has 0 aromatic heterocycles. The molecule has 4 nitrogen and oxygen atoms in total. The lowest BCUT2D eigenvalue weighted by atomic mass is 9.81. The van der Waals surface area contributed by atoms with Gasteiger partial charge in [-0.25, -0.2) is 9.18 Å². The van der Waals surface area contributed by atoms with Crippen LogP contribution in [0.2, 0.25) is 0 Å². The summed E-state index contributed by atoms with van der Waals surface area (Å²) in [7, 11) is 1.20. The van der Waals surface area contributed by atoms with E-state index in [1.165, 1.54) is 31.4 Å². The number of carbonyl (C=O) groups is 1. The molecule has 0 fully saturated rings. The van der Waals surface area contributed by atoms with E-state index >= 15 is 0 Å². The molecule has 0 amide bonds. The second-order valence-electron chi connectivity index (χ2n) is 6.24. The van der Waals surface area contributed by atoms with Crippen LogP contribution in [0.3, 0.4) is 0 Å². The molecule has 0 saturated carbocycles. The van der Waals surface area contributed by atoms with Gasteiger partial charge in [-0.1, -0.05) is 56.3 Å². The van der Waals surface area contributed by atoms with Gasteiger partial charge in [-0.3, -0.25) is 0 Å². The number of aliphatic hydroxyl groups is 1. The first-order valence-corrected chi connectivity index (χ1v) is 8.13. The molecular weight excluding hydrogens is 323 g/mol. The fraction of sp³-hybridized carbons (Fsp3) is 0.350. The van der Waals surface area contributed by atoms with Gasteiger partial charge in [0.25, 0.3) is 0 Å². The van der Waals surface area contributed by atoms with Crippen LogP contribution in [0.5, 0.6) is 0 Å². The highest BCUT2D eigenvalue weighted by Gasteiger charge is 2.47. The third kappa shape index (κ3) is 4.06. The van der Waals surface area contributed by atoms with Gasteiger partial charge in [0.2, 0.25) is 0 Å². The molecule has 0 aliphatic carbocycles. The number of halogens is 1. The molecule has 25 heavy (non-hydrogen) atoms. The van der Waals surface area contributed by atoms with E-state index in [1.54, 1.807) is 24.3 Å². The Morgan fingerprint density at radius 1 is 1.08 bits per heavy atom. The van der Waals surface area contributed by atoms with Gasteiger partial charge >= 0.3 is 5.97 Å². The smallest absolute Gasteiger partial charge is 0.338 e. The van der Waals surface area contributed by atoms with Crippen molar-refractivity contribution >= 4 is 5.97 Å². The highest BCUT2D eigenvalue weighted by atomic mass is 19.1. The van der Waals surface area contributed by atoms with Crippen molar-refractivity contribution in [3.63, 3.8) is 0 Å². The van der Waals surface area contributed by atoms with Crippen LogP contribution >= 0.6 is 0 Å². The molecule has 5 heteroatoms. The lowest BCUT2D eigenvalue weighted by molar-refractivity contribution is -0.172. The van der Waals surface area contributed by atoms with Crippen molar-refractivity contribution in [1.29, 1.82) is 0 Å². The van der Waals surface area contributed by atoms with Gasteiger partial charge in [-0.15, -0.1) is 0 Å². The van der Waals surface area contributed by atoms with Gasteiger partial charge in [-0.05, 0) is 29.2 Å². The standard InChI is InChI=1S/C20H23FO4/c1-14(2)13-25-20(18(22)19(23)24-3,15-7-5-4-6-8-15)16-9-11-17(21)12-10-16/h4-12,14,18,22H,13H2,1-3H3/t18-,20+/m1/s1. The molecule has 134 valence electrons. The predicted octanol–water partition coefficient (Wildman–Crippen LogP) is 3.28. The maximum atomic E-state index is 13.4.